The molecule has 0 aliphatic carbocycles. The van der Waals surface area contributed by atoms with Gasteiger partial charge in [0.25, 0.3) is 5.91 Å². The maximum Gasteiger partial charge on any atom is 0.326 e. The third-order valence-corrected chi connectivity index (χ3v) is 4.54. The van der Waals surface area contributed by atoms with Gasteiger partial charge in [0, 0.05) is 23.6 Å². The van der Waals surface area contributed by atoms with E-state index in [9.17, 15) is 22.7 Å². The summed E-state index contributed by atoms with van der Waals surface area (Å²) in [5.74, 6) is -2.30. The molecule has 3 rings (SSSR count). The van der Waals surface area contributed by atoms with Crippen LogP contribution in [0.5, 0.6) is 5.75 Å². The number of aryl methyl sites for hydroxylation is 1. The minimum Gasteiger partial charge on any atom is -0.506 e. The van der Waals surface area contributed by atoms with Crippen molar-refractivity contribution in [2.45, 2.75) is 6.92 Å². The number of phenols is 1. The first-order chi connectivity index (χ1) is 11.3. The Morgan fingerprint density at radius 2 is 2.17 bits per heavy atom. The number of aromatic hydroxyl groups is 1. The van der Waals surface area contributed by atoms with Gasteiger partial charge in [-0.1, -0.05) is 0 Å². The fourth-order valence-electron chi connectivity index (χ4n) is 2.19. The summed E-state index contributed by atoms with van der Waals surface area (Å²) >= 11 is 0. The van der Waals surface area contributed by atoms with Gasteiger partial charge < -0.3 is 10.4 Å². The third kappa shape index (κ3) is 2.93. The SMILES string of the molecule is Cc1ccnc(Nc2cc(O)c(N3CC(=O)NS3(=O)=O)c(F)c2)n1. The summed E-state index contributed by atoms with van der Waals surface area (Å²) in [4.78, 5) is 19.3. The molecule has 1 aliphatic rings. The van der Waals surface area contributed by atoms with Crippen molar-refractivity contribution in [3.63, 3.8) is 0 Å². The molecule has 0 spiro atoms. The summed E-state index contributed by atoms with van der Waals surface area (Å²) in [7, 11) is -4.22. The largest absolute Gasteiger partial charge is 0.506 e. The van der Waals surface area contributed by atoms with Gasteiger partial charge in [0.1, 0.15) is 18.0 Å². The molecule has 1 saturated heterocycles. The zero-order valence-electron chi connectivity index (χ0n) is 12.3. The van der Waals surface area contributed by atoms with Gasteiger partial charge in [0.2, 0.25) is 5.95 Å². The number of carbonyl (C=O) groups excluding carboxylic acids is 1. The van der Waals surface area contributed by atoms with Crippen molar-refractivity contribution in [2.24, 2.45) is 0 Å². The molecule has 1 aliphatic heterocycles. The quantitative estimate of drug-likeness (QED) is 0.736. The molecule has 1 aromatic carbocycles. The Labute approximate surface area is 136 Å². The molecule has 0 unspecified atom stereocenters. The number of rotatable bonds is 3. The predicted molar refractivity (Wildman–Crippen MR) is 82.5 cm³/mol. The average Bonchev–Trinajstić information content (AvgIpc) is 2.71. The van der Waals surface area contributed by atoms with E-state index in [1.165, 1.54) is 6.20 Å². The molecule has 0 radical (unpaired) electrons. The number of nitrogens with one attached hydrogen (secondary N) is 2. The van der Waals surface area contributed by atoms with Crippen molar-refractivity contribution in [3.05, 3.63) is 35.9 Å². The molecule has 24 heavy (non-hydrogen) atoms. The lowest BCUT2D eigenvalue weighted by Crippen LogP contribution is -2.30. The molecular formula is C13H12FN5O4S. The standard InChI is InChI=1S/C13H12FN5O4S/c1-7-2-3-15-13(16-7)17-8-4-9(14)12(10(20)5-8)19-6-11(21)18-24(19,22)23/h2-5,20H,6H2,1H3,(H,18,21)(H,15,16,17). The fraction of sp³-hybridized carbons (Fsp3) is 0.154. The van der Waals surface area contributed by atoms with E-state index in [1.54, 1.807) is 17.7 Å². The van der Waals surface area contributed by atoms with Gasteiger partial charge in [0.05, 0.1) is 0 Å². The van der Waals surface area contributed by atoms with Gasteiger partial charge in [-0.15, -0.1) is 0 Å². The first kappa shape index (κ1) is 15.9. The summed E-state index contributed by atoms with van der Waals surface area (Å²) < 4.78 is 40.0. The molecule has 3 N–H and O–H groups in total. The van der Waals surface area contributed by atoms with Crippen LogP contribution < -0.4 is 14.3 Å². The number of nitrogens with zero attached hydrogens (tertiary/aromatic N) is 3. The summed E-state index contributed by atoms with van der Waals surface area (Å²) in [5.41, 5.74) is 0.195. The molecule has 0 saturated carbocycles. The van der Waals surface area contributed by atoms with Gasteiger partial charge in [-0.05, 0) is 19.1 Å². The molecular weight excluding hydrogens is 341 g/mol. The van der Waals surface area contributed by atoms with Crippen LogP contribution in [0.4, 0.5) is 21.7 Å². The number of amides is 1. The van der Waals surface area contributed by atoms with Gasteiger partial charge in [0.15, 0.2) is 5.82 Å². The second-order valence-electron chi connectivity index (χ2n) is 5.01. The zero-order valence-corrected chi connectivity index (χ0v) is 13.1. The first-order valence-corrected chi connectivity index (χ1v) is 8.13. The van der Waals surface area contributed by atoms with E-state index >= 15 is 0 Å². The molecule has 1 amide bonds. The van der Waals surface area contributed by atoms with E-state index in [0.29, 0.717) is 10.00 Å². The molecule has 126 valence electrons. The highest BCUT2D eigenvalue weighted by Crippen LogP contribution is 2.36. The first-order valence-electron chi connectivity index (χ1n) is 6.69. The third-order valence-electron chi connectivity index (χ3n) is 3.16. The van der Waals surface area contributed by atoms with Crippen LogP contribution >= 0.6 is 0 Å². The van der Waals surface area contributed by atoms with Gasteiger partial charge in [-0.25, -0.2) is 23.4 Å². The van der Waals surface area contributed by atoms with E-state index in [2.05, 4.69) is 15.3 Å². The van der Waals surface area contributed by atoms with Crippen molar-refractivity contribution in [2.75, 3.05) is 16.2 Å². The van der Waals surface area contributed by atoms with Gasteiger partial charge >= 0.3 is 10.2 Å². The Bertz CT molecular complexity index is 911. The molecule has 9 nitrogen and oxygen atoms in total. The van der Waals surface area contributed by atoms with E-state index in [4.69, 9.17) is 0 Å². The number of anilines is 3. The topological polar surface area (TPSA) is 125 Å². The summed E-state index contributed by atoms with van der Waals surface area (Å²) in [6, 6.07) is 3.76. The lowest BCUT2D eigenvalue weighted by Gasteiger charge is -2.18. The summed E-state index contributed by atoms with van der Waals surface area (Å²) in [6.07, 6.45) is 1.50. The van der Waals surface area contributed by atoms with Crippen LogP contribution in [0.15, 0.2) is 24.4 Å². The predicted octanol–water partition coefficient (Wildman–Crippen LogP) is 0.554. The number of aromatic nitrogens is 2. The Hall–Kier alpha value is -2.95. The van der Waals surface area contributed by atoms with Crippen LogP contribution in [-0.2, 0) is 15.0 Å². The number of phenolic OH excluding ortho intramolecular Hbond substituents is 1. The van der Waals surface area contributed by atoms with E-state index in [0.717, 1.165) is 12.1 Å². The van der Waals surface area contributed by atoms with Crippen LogP contribution in [0.3, 0.4) is 0 Å². The average molecular weight is 353 g/mol. The Kier molecular flexibility index (Phi) is 3.72. The number of benzene rings is 1. The number of carbonyl (C=O) groups is 1. The second kappa shape index (κ2) is 5.60. The molecule has 1 fully saturated rings. The Morgan fingerprint density at radius 3 is 2.75 bits per heavy atom. The van der Waals surface area contributed by atoms with Crippen molar-refractivity contribution in [1.29, 1.82) is 0 Å². The normalized spacial score (nSPS) is 16.1. The van der Waals surface area contributed by atoms with Crippen LogP contribution in [0.2, 0.25) is 0 Å². The second-order valence-corrected chi connectivity index (χ2v) is 6.60. The molecule has 0 atom stereocenters. The van der Waals surface area contributed by atoms with Crippen molar-refractivity contribution in [3.8, 4) is 5.75 Å². The number of hydrogen-bond donors (Lipinski definition) is 3. The number of hydrogen-bond acceptors (Lipinski definition) is 7. The van der Waals surface area contributed by atoms with Crippen LogP contribution in [0.1, 0.15) is 5.69 Å². The maximum absolute atomic E-state index is 14.3. The molecule has 2 heterocycles. The molecule has 2 aromatic rings. The van der Waals surface area contributed by atoms with Crippen molar-refractivity contribution >= 4 is 33.4 Å². The van der Waals surface area contributed by atoms with E-state index < -0.39 is 39.9 Å². The molecule has 0 bridgehead atoms. The minimum absolute atomic E-state index is 0.121. The monoisotopic (exact) mass is 353 g/mol. The molecule has 11 heteroatoms. The van der Waals surface area contributed by atoms with Gasteiger partial charge in [-0.2, -0.15) is 8.42 Å². The zero-order chi connectivity index (χ0) is 17.5. The van der Waals surface area contributed by atoms with Crippen LogP contribution in [0, 0.1) is 12.7 Å². The lowest BCUT2D eigenvalue weighted by atomic mass is 10.2. The summed E-state index contributed by atoms with van der Waals surface area (Å²) in [6.45, 7) is 1.14. The van der Waals surface area contributed by atoms with E-state index in [-0.39, 0.29) is 11.6 Å². The van der Waals surface area contributed by atoms with Crippen LogP contribution in [-0.4, -0.2) is 35.9 Å². The number of halogens is 1. The van der Waals surface area contributed by atoms with Crippen molar-refractivity contribution < 1.29 is 22.7 Å². The van der Waals surface area contributed by atoms with Crippen LogP contribution in [0.25, 0.3) is 0 Å². The molecule has 1 aromatic heterocycles. The summed E-state index contributed by atoms with van der Waals surface area (Å²) in [5, 5.41) is 12.7. The smallest absolute Gasteiger partial charge is 0.326 e. The highest BCUT2D eigenvalue weighted by Gasteiger charge is 2.37. The fourth-order valence-corrected chi connectivity index (χ4v) is 3.36. The van der Waals surface area contributed by atoms with E-state index in [1.807, 2.05) is 0 Å². The Morgan fingerprint density at radius 1 is 1.42 bits per heavy atom. The lowest BCUT2D eigenvalue weighted by molar-refractivity contribution is -0.117. The maximum atomic E-state index is 14.3. The minimum atomic E-state index is -4.22. The Balaban J connectivity index is 1.96. The highest BCUT2D eigenvalue weighted by atomic mass is 32.2. The highest BCUT2D eigenvalue weighted by molar-refractivity contribution is 7.92. The van der Waals surface area contributed by atoms with Gasteiger partial charge in [-0.3, -0.25) is 4.79 Å². The van der Waals surface area contributed by atoms with Crippen molar-refractivity contribution in [1.82, 2.24) is 14.7 Å².